The van der Waals surface area contributed by atoms with Crippen molar-refractivity contribution < 1.29 is 15.0 Å². The summed E-state index contributed by atoms with van der Waals surface area (Å²) in [6.45, 7) is 3.18. The average molecular weight is 393 g/mol. The lowest BCUT2D eigenvalue weighted by atomic mass is 9.98. The molecule has 0 radical (unpaired) electrons. The number of aromatic amines is 1. The third-order valence-corrected chi connectivity index (χ3v) is 6.19. The molecule has 0 spiro atoms. The number of nitrogens with one attached hydrogen (secondary N) is 1. The minimum atomic E-state index is -1.41. The van der Waals surface area contributed by atoms with Crippen molar-refractivity contribution in [1.82, 2.24) is 14.5 Å². The van der Waals surface area contributed by atoms with Crippen molar-refractivity contribution in [2.24, 2.45) is 7.05 Å². The van der Waals surface area contributed by atoms with Crippen molar-refractivity contribution >= 4 is 16.9 Å². The number of aryl methyl sites for hydroxylation is 1. The van der Waals surface area contributed by atoms with Gasteiger partial charge in [-0.1, -0.05) is 6.07 Å². The number of carboxylic acids is 1. The highest BCUT2D eigenvalue weighted by atomic mass is 16.4. The number of benzene rings is 1. The van der Waals surface area contributed by atoms with Crippen molar-refractivity contribution in [2.75, 3.05) is 13.1 Å². The first-order valence-electron chi connectivity index (χ1n) is 9.97. The molecule has 0 atom stereocenters. The Morgan fingerprint density at radius 2 is 2.00 bits per heavy atom. The Labute approximate surface area is 167 Å². The number of likely N-dealkylation sites (tertiary alicyclic amines) is 1. The Bertz CT molecular complexity index is 1200. The summed E-state index contributed by atoms with van der Waals surface area (Å²) in [6.07, 6.45) is 3.00. The van der Waals surface area contributed by atoms with Crippen LogP contribution in [0.2, 0.25) is 0 Å². The van der Waals surface area contributed by atoms with E-state index in [9.17, 15) is 19.8 Å². The van der Waals surface area contributed by atoms with E-state index < -0.39 is 22.8 Å². The van der Waals surface area contributed by atoms with Crippen LogP contribution in [0.25, 0.3) is 22.2 Å². The van der Waals surface area contributed by atoms with Crippen LogP contribution >= 0.6 is 0 Å². The lowest BCUT2D eigenvalue weighted by Crippen LogP contribution is -2.36. The predicted octanol–water partition coefficient (Wildman–Crippen LogP) is 3.02. The number of rotatable bonds is 5. The van der Waals surface area contributed by atoms with Gasteiger partial charge in [-0.25, -0.2) is 4.79 Å². The first kappa shape index (κ1) is 18.0. The standard InChI is InChI=1S/C22H23N3O4/c1-24-15(11-25-7-2-8-25)10-14-9-13(5-6-16(14)24)19-17(12-3-4-12)20(26)18(22(28)29)21(27)23-19/h5-6,9-10,12H,2-4,7-8,11H2,1H3,(H,28,29)(H2,23,26,27). The molecule has 0 bridgehead atoms. The van der Waals surface area contributed by atoms with Crippen LogP contribution in [-0.2, 0) is 13.6 Å². The SMILES string of the molecule is Cn1c(CN2CCC2)cc2cc(-c3[nH]c(=O)c(C(=O)O)c(O)c3C3CC3)ccc21. The zero-order valence-electron chi connectivity index (χ0n) is 16.2. The van der Waals surface area contributed by atoms with E-state index in [2.05, 4.69) is 27.6 Å². The molecule has 150 valence electrons. The molecule has 7 heteroatoms. The Kier molecular flexibility index (Phi) is 4.03. The third kappa shape index (κ3) is 2.93. The molecule has 0 amide bonds. The zero-order chi connectivity index (χ0) is 20.3. The first-order valence-corrected chi connectivity index (χ1v) is 9.97. The maximum Gasteiger partial charge on any atom is 0.345 e. The highest BCUT2D eigenvalue weighted by molar-refractivity contribution is 5.93. The summed E-state index contributed by atoms with van der Waals surface area (Å²) in [5.41, 5.74) is 2.83. The monoisotopic (exact) mass is 393 g/mol. The molecule has 1 aliphatic heterocycles. The van der Waals surface area contributed by atoms with Gasteiger partial charge in [-0.2, -0.15) is 0 Å². The van der Waals surface area contributed by atoms with Crippen LogP contribution < -0.4 is 5.56 Å². The maximum absolute atomic E-state index is 12.3. The molecule has 1 aliphatic carbocycles. The van der Waals surface area contributed by atoms with E-state index in [1.165, 1.54) is 12.1 Å². The van der Waals surface area contributed by atoms with E-state index in [-0.39, 0.29) is 5.92 Å². The normalized spacial score (nSPS) is 16.9. The molecular weight excluding hydrogens is 370 g/mol. The molecule has 1 saturated carbocycles. The number of H-pyrrole nitrogens is 1. The van der Waals surface area contributed by atoms with Crippen molar-refractivity contribution in [3.8, 4) is 17.0 Å². The molecule has 2 aliphatic rings. The Morgan fingerprint density at radius 1 is 1.24 bits per heavy atom. The van der Waals surface area contributed by atoms with Crippen LogP contribution in [0.3, 0.4) is 0 Å². The predicted molar refractivity (Wildman–Crippen MR) is 109 cm³/mol. The summed E-state index contributed by atoms with van der Waals surface area (Å²) in [7, 11) is 2.06. The van der Waals surface area contributed by atoms with Crippen LogP contribution in [-0.4, -0.2) is 43.7 Å². The summed E-state index contributed by atoms with van der Waals surface area (Å²) >= 11 is 0. The second-order valence-corrected chi connectivity index (χ2v) is 8.14. The summed E-state index contributed by atoms with van der Waals surface area (Å²) in [5.74, 6) is -1.73. The minimum absolute atomic E-state index is 0.0772. The van der Waals surface area contributed by atoms with Crippen LogP contribution in [0.1, 0.15) is 46.8 Å². The fourth-order valence-electron chi connectivity index (χ4n) is 4.28. The van der Waals surface area contributed by atoms with E-state index in [4.69, 9.17) is 0 Å². The number of aromatic nitrogens is 2. The molecule has 5 rings (SSSR count). The second-order valence-electron chi connectivity index (χ2n) is 8.14. The van der Waals surface area contributed by atoms with Crippen LogP contribution in [0, 0.1) is 0 Å². The topological polar surface area (TPSA) is 98.6 Å². The molecule has 2 fully saturated rings. The van der Waals surface area contributed by atoms with Gasteiger partial charge in [0.1, 0.15) is 5.75 Å². The van der Waals surface area contributed by atoms with Gasteiger partial charge in [0.25, 0.3) is 5.56 Å². The summed E-state index contributed by atoms with van der Waals surface area (Å²) in [5, 5.41) is 21.0. The molecule has 3 N–H and O–H groups in total. The summed E-state index contributed by atoms with van der Waals surface area (Å²) < 4.78 is 2.19. The molecule has 29 heavy (non-hydrogen) atoms. The number of carboxylic acid groups (broad SMARTS) is 1. The van der Waals surface area contributed by atoms with Crippen LogP contribution in [0.4, 0.5) is 0 Å². The van der Waals surface area contributed by atoms with Gasteiger partial charge in [0.2, 0.25) is 0 Å². The number of fused-ring (bicyclic) bond motifs is 1. The van der Waals surface area contributed by atoms with E-state index in [0.29, 0.717) is 11.3 Å². The van der Waals surface area contributed by atoms with Gasteiger partial charge in [-0.15, -0.1) is 0 Å². The fraction of sp³-hybridized carbons (Fsp3) is 0.364. The van der Waals surface area contributed by atoms with Gasteiger partial charge in [0.15, 0.2) is 5.56 Å². The summed E-state index contributed by atoms with van der Waals surface area (Å²) in [4.78, 5) is 28.9. The molecular formula is C22H23N3O4. The van der Waals surface area contributed by atoms with E-state index in [1.807, 2.05) is 18.2 Å². The number of hydrogen-bond acceptors (Lipinski definition) is 4. The Morgan fingerprint density at radius 3 is 2.62 bits per heavy atom. The number of carbonyl (C=O) groups is 1. The average Bonchev–Trinajstić information content (AvgIpc) is 3.42. The Balaban J connectivity index is 1.63. The first-order chi connectivity index (χ1) is 13.9. The zero-order valence-corrected chi connectivity index (χ0v) is 16.2. The van der Waals surface area contributed by atoms with E-state index in [1.54, 1.807) is 0 Å². The van der Waals surface area contributed by atoms with Crippen molar-refractivity contribution in [1.29, 1.82) is 0 Å². The number of aromatic carboxylic acids is 1. The third-order valence-electron chi connectivity index (χ3n) is 6.19. The van der Waals surface area contributed by atoms with Gasteiger partial charge < -0.3 is 19.8 Å². The molecule has 0 unspecified atom stereocenters. The van der Waals surface area contributed by atoms with Crippen molar-refractivity contribution in [2.45, 2.75) is 31.7 Å². The minimum Gasteiger partial charge on any atom is -0.506 e. The van der Waals surface area contributed by atoms with Crippen molar-refractivity contribution in [3.05, 3.63) is 51.4 Å². The lowest BCUT2D eigenvalue weighted by molar-refractivity contribution is 0.0691. The largest absolute Gasteiger partial charge is 0.506 e. The number of nitrogens with zero attached hydrogens (tertiary/aromatic N) is 2. The molecule has 3 aromatic rings. The summed E-state index contributed by atoms with van der Waals surface area (Å²) in [6, 6.07) is 8.11. The fourth-order valence-corrected chi connectivity index (χ4v) is 4.28. The van der Waals surface area contributed by atoms with Crippen LogP contribution in [0.15, 0.2) is 29.1 Å². The van der Waals surface area contributed by atoms with Gasteiger partial charge in [-0.05, 0) is 62.0 Å². The Hall–Kier alpha value is -3.06. The quantitative estimate of drug-likeness (QED) is 0.619. The number of hydrogen-bond donors (Lipinski definition) is 3. The van der Waals surface area contributed by atoms with Gasteiger partial charge >= 0.3 is 5.97 Å². The lowest BCUT2D eigenvalue weighted by Gasteiger charge is -2.30. The van der Waals surface area contributed by atoms with Crippen LogP contribution in [0.5, 0.6) is 5.75 Å². The van der Waals surface area contributed by atoms with E-state index >= 15 is 0 Å². The van der Waals surface area contributed by atoms with E-state index in [0.717, 1.165) is 48.9 Å². The molecule has 1 aromatic carbocycles. The second kappa shape index (κ2) is 6.49. The van der Waals surface area contributed by atoms with Gasteiger partial charge in [0, 0.05) is 35.8 Å². The number of aromatic hydroxyl groups is 1. The maximum atomic E-state index is 12.3. The number of pyridine rings is 1. The molecule has 1 saturated heterocycles. The highest BCUT2D eigenvalue weighted by Crippen LogP contribution is 2.48. The highest BCUT2D eigenvalue weighted by Gasteiger charge is 2.33. The molecule has 2 aromatic heterocycles. The smallest absolute Gasteiger partial charge is 0.345 e. The van der Waals surface area contributed by atoms with Crippen molar-refractivity contribution in [3.63, 3.8) is 0 Å². The molecule has 3 heterocycles. The van der Waals surface area contributed by atoms with Gasteiger partial charge in [-0.3, -0.25) is 9.69 Å². The van der Waals surface area contributed by atoms with Gasteiger partial charge in [0.05, 0.1) is 5.69 Å². The molecule has 7 nitrogen and oxygen atoms in total.